The van der Waals surface area contributed by atoms with Crippen LogP contribution in [0.3, 0.4) is 0 Å². The van der Waals surface area contributed by atoms with Gasteiger partial charge in [0.05, 0.1) is 5.92 Å². The summed E-state index contributed by atoms with van der Waals surface area (Å²) in [5.74, 6) is 0.189. The minimum atomic E-state index is -0.743. The molecule has 4 aliphatic rings. The minimum Gasteiger partial charge on any atom is -0.481 e. The van der Waals surface area contributed by atoms with Crippen LogP contribution >= 0.6 is 0 Å². The van der Waals surface area contributed by atoms with E-state index < -0.39 is 5.97 Å². The Morgan fingerprint density at radius 1 is 1.21 bits per heavy atom. The molecule has 5 unspecified atom stereocenters. The Labute approximate surface area is 82.5 Å². The zero-order chi connectivity index (χ0) is 9.87. The highest BCUT2D eigenvalue weighted by Gasteiger charge is 2.55. The molecule has 0 aromatic heterocycles. The molecular weight excluding hydrogens is 180 g/mol. The lowest BCUT2D eigenvalue weighted by atomic mass is 9.51. The van der Waals surface area contributed by atoms with E-state index in [9.17, 15) is 9.59 Å². The van der Waals surface area contributed by atoms with Gasteiger partial charge in [-0.2, -0.15) is 0 Å². The number of hydrogen-bond acceptors (Lipinski definition) is 2. The van der Waals surface area contributed by atoms with Gasteiger partial charge in [-0.05, 0) is 37.5 Å². The number of carbonyl (C=O) groups is 2. The highest BCUT2D eigenvalue weighted by molar-refractivity contribution is 5.90. The molecule has 4 rings (SSSR count). The van der Waals surface area contributed by atoms with Gasteiger partial charge in [-0.15, -0.1) is 0 Å². The number of carboxylic acids is 1. The lowest BCUT2D eigenvalue weighted by molar-refractivity contribution is -0.164. The third-order valence-corrected chi connectivity index (χ3v) is 4.42. The Balaban J connectivity index is 1.97. The number of hydrogen-bond donors (Lipinski definition) is 1. The van der Waals surface area contributed by atoms with E-state index in [0.29, 0.717) is 11.8 Å². The van der Waals surface area contributed by atoms with Crippen molar-refractivity contribution in [1.82, 2.24) is 0 Å². The van der Waals surface area contributed by atoms with E-state index in [4.69, 9.17) is 5.11 Å². The number of carboxylic acid groups (broad SMARTS) is 1. The summed E-state index contributed by atoms with van der Waals surface area (Å²) in [6, 6.07) is 0. The van der Waals surface area contributed by atoms with Gasteiger partial charge in [-0.1, -0.05) is 0 Å². The van der Waals surface area contributed by atoms with Crippen molar-refractivity contribution in [2.45, 2.75) is 25.7 Å². The third kappa shape index (κ3) is 0.928. The Kier molecular flexibility index (Phi) is 1.56. The van der Waals surface area contributed by atoms with Crippen molar-refractivity contribution in [3.63, 3.8) is 0 Å². The fourth-order valence-corrected chi connectivity index (χ4v) is 4.01. The van der Waals surface area contributed by atoms with E-state index in [2.05, 4.69) is 0 Å². The second-order valence-corrected chi connectivity index (χ2v) is 5.14. The second-order valence-electron chi connectivity index (χ2n) is 5.14. The molecule has 0 aromatic rings. The van der Waals surface area contributed by atoms with Crippen LogP contribution in [0.5, 0.6) is 0 Å². The monoisotopic (exact) mass is 194 g/mol. The van der Waals surface area contributed by atoms with E-state index in [-0.39, 0.29) is 23.5 Å². The minimum absolute atomic E-state index is 0.135. The topological polar surface area (TPSA) is 54.4 Å². The van der Waals surface area contributed by atoms with Crippen LogP contribution in [-0.2, 0) is 9.59 Å². The van der Waals surface area contributed by atoms with Crippen molar-refractivity contribution in [2.75, 3.05) is 0 Å². The number of aliphatic carboxylic acids is 1. The van der Waals surface area contributed by atoms with Gasteiger partial charge in [0.25, 0.3) is 0 Å². The van der Waals surface area contributed by atoms with Crippen LogP contribution < -0.4 is 0 Å². The van der Waals surface area contributed by atoms with Gasteiger partial charge in [0.15, 0.2) is 0 Å². The first-order valence-corrected chi connectivity index (χ1v) is 5.43. The SMILES string of the molecule is O=C1C2CC3CC(C2)C(C(=O)O)C1C3. The first-order valence-electron chi connectivity index (χ1n) is 5.43. The van der Waals surface area contributed by atoms with Crippen molar-refractivity contribution in [2.24, 2.45) is 29.6 Å². The Morgan fingerprint density at radius 2 is 2.00 bits per heavy atom. The molecule has 0 radical (unpaired) electrons. The number of ketones is 1. The van der Waals surface area contributed by atoms with E-state index in [1.807, 2.05) is 0 Å². The predicted molar refractivity (Wildman–Crippen MR) is 48.6 cm³/mol. The molecule has 3 nitrogen and oxygen atoms in total. The molecule has 0 aromatic carbocycles. The molecule has 4 fully saturated rings. The molecule has 0 saturated heterocycles. The maximum Gasteiger partial charge on any atom is 0.307 e. The maximum atomic E-state index is 11.8. The molecule has 1 N–H and O–H groups in total. The van der Waals surface area contributed by atoms with Gasteiger partial charge in [-0.25, -0.2) is 0 Å². The summed E-state index contributed by atoms with van der Waals surface area (Å²) in [6.07, 6.45) is 3.79. The summed E-state index contributed by atoms with van der Waals surface area (Å²) >= 11 is 0. The van der Waals surface area contributed by atoms with E-state index in [1.54, 1.807) is 0 Å². The normalized spacial score (nSPS) is 49.7. The fraction of sp³-hybridized carbons (Fsp3) is 0.818. The summed E-state index contributed by atoms with van der Waals surface area (Å²) in [7, 11) is 0. The predicted octanol–water partition coefficient (Wildman–Crippen LogP) is 1.32. The van der Waals surface area contributed by atoms with Crippen molar-refractivity contribution in [3.05, 3.63) is 0 Å². The van der Waals surface area contributed by atoms with Crippen LogP contribution in [0.2, 0.25) is 0 Å². The van der Waals surface area contributed by atoms with Gasteiger partial charge in [0, 0.05) is 11.8 Å². The lowest BCUT2D eigenvalue weighted by Crippen LogP contribution is -2.53. The highest BCUT2D eigenvalue weighted by atomic mass is 16.4. The van der Waals surface area contributed by atoms with Crippen molar-refractivity contribution < 1.29 is 14.7 Å². The van der Waals surface area contributed by atoms with Crippen molar-refractivity contribution in [1.29, 1.82) is 0 Å². The van der Waals surface area contributed by atoms with Crippen LogP contribution in [0.4, 0.5) is 0 Å². The largest absolute Gasteiger partial charge is 0.481 e. The molecule has 4 saturated carbocycles. The Bertz CT molecular complexity index is 310. The van der Waals surface area contributed by atoms with E-state index in [0.717, 1.165) is 25.7 Å². The third-order valence-electron chi connectivity index (χ3n) is 4.42. The van der Waals surface area contributed by atoms with Crippen molar-refractivity contribution in [3.8, 4) is 0 Å². The Morgan fingerprint density at radius 3 is 2.71 bits per heavy atom. The summed E-state index contributed by atoms with van der Waals surface area (Å²) in [4.78, 5) is 22.9. The van der Waals surface area contributed by atoms with Gasteiger partial charge in [0.2, 0.25) is 0 Å². The van der Waals surface area contributed by atoms with Crippen LogP contribution in [0.1, 0.15) is 25.7 Å². The fourth-order valence-electron chi connectivity index (χ4n) is 4.01. The molecule has 4 aliphatic carbocycles. The molecule has 14 heavy (non-hydrogen) atoms. The number of rotatable bonds is 1. The van der Waals surface area contributed by atoms with Gasteiger partial charge in [-0.3, -0.25) is 9.59 Å². The van der Waals surface area contributed by atoms with Crippen LogP contribution in [0.15, 0.2) is 0 Å². The standard InChI is InChI=1S/C11H14O3/c12-10-7-2-5-1-6(4-7)9(11(13)14)8(10)3-5/h5-9H,1-4H2,(H,13,14). The number of carbonyl (C=O) groups excluding carboxylic acids is 1. The molecule has 0 spiro atoms. The second kappa shape index (κ2) is 2.59. The van der Waals surface area contributed by atoms with Crippen LogP contribution in [-0.4, -0.2) is 16.9 Å². The zero-order valence-electron chi connectivity index (χ0n) is 7.98. The smallest absolute Gasteiger partial charge is 0.307 e. The van der Waals surface area contributed by atoms with Gasteiger partial charge >= 0.3 is 5.97 Å². The van der Waals surface area contributed by atoms with E-state index >= 15 is 0 Å². The average Bonchev–Trinajstić information content (AvgIpc) is 2.12. The molecule has 0 aliphatic heterocycles. The van der Waals surface area contributed by atoms with Gasteiger partial charge in [0.1, 0.15) is 5.78 Å². The highest BCUT2D eigenvalue weighted by Crippen LogP contribution is 2.54. The number of Topliss-reactive ketones (excluding diaryl/α,β-unsaturated/α-hetero) is 1. The first kappa shape index (κ1) is 8.45. The van der Waals surface area contributed by atoms with E-state index in [1.165, 1.54) is 0 Å². The zero-order valence-corrected chi connectivity index (χ0v) is 7.98. The Hall–Kier alpha value is -0.860. The summed E-state index contributed by atoms with van der Waals surface area (Å²) < 4.78 is 0. The molecule has 76 valence electrons. The van der Waals surface area contributed by atoms with Crippen molar-refractivity contribution >= 4 is 11.8 Å². The molecule has 3 heteroatoms. The average molecular weight is 194 g/mol. The molecular formula is C11H14O3. The maximum absolute atomic E-state index is 11.8. The van der Waals surface area contributed by atoms with Crippen LogP contribution in [0, 0.1) is 29.6 Å². The lowest BCUT2D eigenvalue weighted by Gasteiger charge is -2.51. The summed E-state index contributed by atoms with van der Waals surface area (Å²) in [6.45, 7) is 0. The molecule has 5 atom stereocenters. The summed E-state index contributed by atoms with van der Waals surface area (Å²) in [5, 5.41) is 9.11. The molecule has 0 heterocycles. The summed E-state index contributed by atoms with van der Waals surface area (Å²) in [5.41, 5.74) is 0. The molecule has 0 amide bonds. The molecule has 4 bridgehead atoms. The quantitative estimate of drug-likeness (QED) is 0.685. The van der Waals surface area contributed by atoms with Gasteiger partial charge < -0.3 is 5.11 Å². The first-order chi connectivity index (χ1) is 6.66. The van der Waals surface area contributed by atoms with Crippen LogP contribution in [0.25, 0.3) is 0 Å².